The monoisotopic (exact) mass is 145 g/mol. The minimum absolute atomic E-state index is 0.430. The summed E-state index contributed by atoms with van der Waals surface area (Å²) in [5.74, 6) is 0. The zero-order valence-corrected chi connectivity index (χ0v) is 7.20. The molecule has 0 aromatic carbocycles. The number of hydrogen-bond acceptors (Lipinski definition) is 2. The van der Waals surface area contributed by atoms with Crippen LogP contribution in [0.15, 0.2) is 0 Å². The molecule has 0 aromatic heterocycles. The van der Waals surface area contributed by atoms with Crippen molar-refractivity contribution in [1.29, 1.82) is 0 Å². The highest BCUT2D eigenvalue weighted by Crippen LogP contribution is 2.48. The third-order valence-electron chi connectivity index (χ3n) is 2.19. The first kappa shape index (κ1) is 7.42. The van der Waals surface area contributed by atoms with Crippen LogP contribution < -0.4 is 5.32 Å². The van der Waals surface area contributed by atoms with Crippen LogP contribution in [0.5, 0.6) is 0 Å². The molecule has 1 rings (SSSR count). The molecule has 1 saturated carbocycles. The van der Waals surface area contributed by atoms with Gasteiger partial charge in [-0.3, -0.25) is 0 Å². The van der Waals surface area contributed by atoms with Crippen molar-refractivity contribution in [2.45, 2.75) is 32.1 Å². The van der Waals surface area contributed by atoms with E-state index in [1.54, 1.807) is 0 Å². The molecule has 0 aromatic rings. The topological polar surface area (TPSA) is 12.0 Å². The second-order valence-corrected chi connectivity index (χ2v) is 3.86. The molecule has 0 aliphatic heterocycles. The van der Waals surface area contributed by atoms with Crippen LogP contribution >= 0.6 is 12.6 Å². The zero-order valence-electron chi connectivity index (χ0n) is 6.31. The predicted molar refractivity (Wildman–Crippen MR) is 44.0 cm³/mol. The predicted octanol–water partition coefficient (Wildman–Crippen LogP) is 1.30. The van der Waals surface area contributed by atoms with Crippen molar-refractivity contribution in [1.82, 2.24) is 5.32 Å². The molecule has 2 heteroatoms. The summed E-state index contributed by atoms with van der Waals surface area (Å²) in [6.07, 6.45) is 0. The van der Waals surface area contributed by atoms with Crippen LogP contribution in [0.1, 0.15) is 20.8 Å². The van der Waals surface area contributed by atoms with Crippen molar-refractivity contribution in [2.24, 2.45) is 5.41 Å². The Morgan fingerprint density at radius 2 is 2.00 bits per heavy atom. The summed E-state index contributed by atoms with van der Waals surface area (Å²) in [6, 6.07) is 0.644. The fraction of sp³-hybridized carbons (Fsp3) is 1.00. The van der Waals surface area contributed by atoms with Crippen LogP contribution in [-0.2, 0) is 0 Å². The lowest BCUT2D eigenvalue weighted by atomic mass is 10.2. The molecule has 0 amide bonds. The van der Waals surface area contributed by atoms with E-state index < -0.39 is 0 Å². The van der Waals surface area contributed by atoms with E-state index in [-0.39, 0.29) is 0 Å². The highest BCUT2D eigenvalue weighted by Gasteiger charge is 2.55. The first-order valence-electron chi connectivity index (χ1n) is 3.52. The van der Waals surface area contributed by atoms with Crippen LogP contribution in [0.4, 0.5) is 0 Å². The average Bonchev–Trinajstić information content (AvgIpc) is 2.19. The van der Waals surface area contributed by atoms with Crippen LogP contribution in [0.25, 0.3) is 0 Å². The van der Waals surface area contributed by atoms with Gasteiger partial charge in [0.2, 0.25) is 0 Å². The first-order valence-corrected chi connectivity index (χ1v) is 4.03. The van der Waals surface area contributed by atoms with Crippen molar-refractivity contribution >= 4 is 12.6 Å². The molecule has 1 N–H and O–H groups in total. The Balaban J connectivity index is 2.33. The van der Waals surface area contributed by atoms with E-state index in [1.807, 2.05) is 0 Å². The van der Waals surface area contributed by atoms with Gasteiger partial charge in [-0.25, -0.2) is 0 Å². The molecular formula is C7H15NS. The average molecular weight is 145 g/mol. The largest absolute Gasteiger partial charge is 0.313 e. The number of hydrogen-bond donors (Lipinski definition) is 2. The van der Waals surface area contributed by atoms with Gasteiger partial charge in [-0.1, -0.05) is 20.8 Å². The minimum Gasteiger partial charge on any atom is -0.313 e. The Labute approximate surface area is 62.6 Å². The molecule has 1 aliphatic rings. The van der Waals surface area contributed by atoms with E-state index >= 15 is 0 Å². The first-order chi connectivity index (χ1) is 4.10. The Bertz CT molecular complexity index is 111. The number of nitrogens with one attached hydrogen (secondary N) is 1. The van der Waals surface area contributed by atoms with Crippen molar-refractivity contribution < 1.29 is 0 Å². The lowest BCUT2D eigenvalue weighted by Crippen LogP contribution is -2.20. The Kier molecular flexibility index (Phi) is 1.79. The van der Waals surface area contributed by atoms with Gasteiger partial charge in [-0.15, -0.1) is 0 Å². The van der Waals surface area contributed by atoms with E-state index in [2.05, 4.69) is 38.7 Å². The van der Waals surface area contributed by atoms with Gasteiger partial charge in [0.05, 0.1) is 0 Å². The summed E-state index contributed by atoms with van der Waals surface area (Å²) in [7, 11) is 0. The fourth-order valence-electron chi connectivity index (χ4n) is 1.21. The van der Waals surface area contributed by atoms with Crippen LogP contribution in [0.2, 0.25) is 0 Å². The standard InChI is InChI=1S/C7H15NS/c1-4-8-5-6(9)7(5,2)3/h5-6,8-9H,4H2,1-3H3. The molecule has 0 heterocycles. The van der Waals surface area contributed by atoms with Crippen molar-refractivity contribution in [2.75, 3.05) is 6.54 Å². The summed E-state index contributed by atoms with van der Waals surface area (Å²) < 4.78 is 0. The van der Waals surface area contributed by atoms with E-state index in [0.29, 0.717) is 16.7 Å². The van der Waals surface area contributed by atoms with Gasteiger partial charge < -0.3 is 5.32 Å². The van der Waals surface area contributed by atoms with Gasteiger partial charge >= 0.3 is 0 Å². The summed E-state index contributed by atoms with van der Waals surface area (Å²) in [6.45, 7) is 7.69. The molecule has 0 spiro atoms. The molecule has 2 atom stereocenters. The van der Waals surface area contributed by atoms with Gasteiger partial charge in [0.15, 0.2) is 0 Å². The molecule has 2 unspecified atom stereocenters. The summed E-state index contributed by atoms with van der Waals surface area (Å²) in [5.41, 5.74) is 0.430. The van der Waals surface area contributed by atoms with E-state index in [0.717, 1.165) is 6.54 Å². The number of rotatable bonds is 2. The highest BCUT2D eigenvalue weighted by atomic mass is 32.1. The molecule has 1 fully saturated rings. The maximum atomic E-state index is 4.42. The van der Waals surface area contributed by atoms with Crippen molar-refractivity contribution in [3.8, 4) is 0 Å². The number of thiol groups is 1. The molecule has 0 radical (unpaired) electrons. The second kappa shape index (κ2) is 2.17. The summed E-state index contributed by atoms with van der Waals surface area (Å²) >= 11 is 4.42. The Hall–Kier alpha value is 0.310. The Morgan fingerprint density at radius 1 is 1.56 bits per heavy atom. The van der Waals surface area contributed by atoms with Gasteiger partial charge in [0.25, 0.3) is 0 Å². The van der Waals surface area contributed by atoms with Crippen molar-refractivity contribution in [3.05, 3.63) is 0 Å². The van der Waals surface area contributed by atoms with Crippen LogP contribution in [-0.4, -0.2) is 17.8 Å². The lowest BCUT2D eigenvalue weighted by Gasteiger charge is -2.00. The normalized spacial score (nSPS) is 38.7. The maximum absolute atomic E-state index is 4.42. The Morgan fingerprint density at radius 3 is 2.11 bits per heavy atom. The molecule has 0 saturated heterocycles. The SMILES string of the molecule is CCNC1C(S)C1(C)C. The molecule has 1 nitrogen and oxygen atoms in total. The third-order valence-corrected chi connectivity index (χ3v) is 3.16. The van der Waals surface area contributed by atoms with Gasteiger partial charge in [-0.2, -0.15) is 12.6 Å². The van der Waals surface area contributed by atoms with E-state index in [1.165, 1.54) is 0 Å². The maximum Gasteiger partial charge on any atom is 0.0251 e. The van der Waals surface area contributed by atoms with E-state index in [4.69, 9.17) is 0 Å². The van der Waals surface area contributed by atoms with Crippen molar-refractivity contribution in [3.63, 3.8) is 0 Å². The van der Waals surface area contributed by atoms with E-state index in [9.17, 15) is 0 Å². The highest BCUT2D eigenvalue weighted by molar-refractivity contribution is 7.81. The van der Waals surface area contributed by atoms with Gasteiger partial charge in [0.1, 0.15) is 0 Å². The summed E-state index contributed by atoms with van der Waals surface area (Å²) in [5, 5.41) is 3.95. The summed E-state index contributed by atoms with van der Waals surface area (Å²) in [4.78, 5) is 0. The molecule has 9 heavy (non-hydrogen) atoms. The van der Waals surface area contributed by atoms with Gasteiger partial charge in [-0.05, 0) is 12.0 Å². The molecule has 54 valence electrons. The van der Waals surface area contributed by atoms with Crippen LogP contribution in [0.3, 0.4) is 0 Å². The third kappa shape index (κ3) is 1.10. The lowest BCUT2D eigenvalue weighted by molar-refractivity contribution is 0.554. The smallest absolute Gasteiger partial charge is 0.0251 e. The van der Waals surface area contributed by atoms with Gasteiger partial charge in [0, 0.05) is 11.3 Å². The minimum atomic E-state index is 0.430. The fourth-order valence-corrected chi connectivity index (χ4v) is 1.77. The van der Waals surface area contributed by atoms with Crippen LogP contribution in [0, 0.1) is 5.41 Å². The molecular weight excluding hydrogens is 130 g/mol. The molecule has 0 bridgehead atoms. The quantitative estimate of drug-likeness (QED) is 0.558. The second-order valence-electron chi connectivity index (χ2n) is 3.30. The molecule has 1 aliphatic carbocycles. The zero-order chi connectivity index (χ0) is 7.07.